The van der Waals surface area contributed by atoms with Crippen molar-refractivity contribution in [3.8, 4) is 0 Å². The van der Waals surface area contributed by atoms with Gasteiger partial charge in [0.1, 0.15) is 5.60 Å². The standard InChI is InChI=1S/C17H26N2O2/c1-13-6-5-7-14(10-13)11-19-9-8-15(12-19)18-16(20)21-17(2,3)4/h5-7,10,15H,8-9,11-12H2,1-4H3,(H,18,20). The summed E-state index contributed by atoms with van der Waals surface area (Å²) < 4.78 is 5.30. The van der Waals surface area contributed by atoms with Crippen LogP contribution >= 0.6 is 0 Å². The van der Waals surface area contributed by atoms with Crippen LogP contribution in [0.25, 0.3) is 0 Å². The van der Waals surface area contributed by atoms with Gasteiger partial charge >= 0.3 is 6.09 Å². The molecule has 1 atom stereocenters. The van der Waals surface area contributed by atoms with Crippen LogP contribution in [0.1, 0.15) is 38.3 Å². The van der Waals surface area contributed by atoms with Gasteiger partial charge in [0.15, 0.2) is 0 Å². The van der Waals surface area contributed by atoms with Crippen LogP contribution in [0.4, 0.5) is 4.79 Å². The molecule has 1 aromatic carbocycles. The Bertz CT molecular complexity index is 494. The topological polar surface area (TPSA) is 41.6 Å². The highest BCUT2D eigenvalue weighted by molar-refractivity contribution is 5.68. The van der Waals surface area contributed by atoms with Crippen molar-refractivity contribution < 1.29 is 9.53 Å². The maximum absolute atomic E-state index is 11.8. The number of carbonyl (C=O) groups is 1. The summed E-state index contributed by atoms with van der Waals surface area (Å²) in [6, 6.07) is 8.76. The van der Waals surface area contributed by atoms with E-state index >= 15 is 0 Å². The van der Waals surface area contributed by atoms with Gasteiger partial charge in [-0.1, -0.05) is 29.8 Å². The Labute approximate surface area is 127 Å². The lowest BCUT2D eigenvalue weighted by Crippen LogP contribution is -2.40. The minimum atomic E-state index is -0.441. The van der Waals surface area contributed by atoms with Crippen LogP contribution in [0, 0.1) is 6.92 Å². The Morgan fingerprint density at radius 2 is 2.19 bits per heavy atom. The second-order valence-electron chi connectivity index (χ2n) is 6.86. The summed E-state index contributed by atoms with van der Waals surface area (Å²) in [4.78, 5) is 14.1. The number of aryl methyl sites for hydroxylation is 1. The molecule has 0 aromatic heterocycles. The Morgan fingerprint density at radius 1 is 1.43 bits per heavy atom. The van der Waals surface area contributed by atoms with Crippen molar-refractivity contribution in [3.05, 3.63) is 35.4 Å². The Morgan fingerprint density at radius 3 is 2.86 bits per heavy atom. The smallest absolute Gasteiger partial charge is 0.407 e. The molecule has 0 radical (unpaired) electrons. The fourth-order valence-corrected chi connectivity index (χ4v) is 2.64. The highest BCUT2D eigenvalue weighted by atomic mass is 16.6. The number of nitrogens with zero attached hydrogens (tertiary/aromatic N) is 1. The lowest BCUT2D eigenvalue weighted by Gasteiger charge is -2.22. The molecule has 1 aliphatic rings. The van der Waals surface area contributed by atoms with Crippen LogP contribution in [0.2, 0.25) is 0 Å². The average Bonchev–Trinajstić information content (AvgIpc) is 2.73. The molecule has 21 heavy (non-hydrogen) atoms. The molecule has 116 valence electrons. The summed E-state index contributed by atoms with van der Waals surface area (Å²) in [5.74, 6) is 0. The van der Waals surface area contributed by atoms with Crippen LogP contribution in [0.3, 0.4) is 0 Å². The lowest BCUT2D eigenvalue weighted by molar-refractivity contribution is 0.0506. The summed E-state index contributed by atoms with van der Waals surface area (Å²) in [5, 5.41) is 2.96. The zero-order valence-electron chi connectivity index (χ0n) is 13.5. The minimum Gasteiger partial charge on any atom is -0.444 e. The number of amides is 1. The maximum Gasteiger partial charge on any atom is 0.407 e. The second kappa shape index (κ2) is 6.48. The van der Waals surface area contributed by atoms with E-state index in [0.717, 1.165) is 26.1 Å². The first-order valence-electron chi connectivity index (χ1n) is 7.59. The lowest BCUT2D eigenvalue weighted by atomic mass is 10.1. The molecule has 0 bridgehead atoms. The SMILES string of the molecule is Cc1cccc(CN2CCC(NC(=O)OC(C)(C)C)C2)c1. The molecule has 4 nitrogen and oxygen atoms in total. The maximum atomic E-state index is 11.8. The van der Waals surface area contributed by atoms with E-state index in [9.17, 15) is 4.79 Å². The summed E-state index contributed by atoms with van der Waals surface area (Å²) in [7, 11) is 0. The first kappa shape index (κ1) is 15.8. The Balaban J connectivity index is 1.80. The summed E-state index contributed by atoms with van der Waals surface area (Å²) in [5.41, 5.74) is 2.17. The largest absolute Gasteiger partial charge is 0.444 e. The minimum absolute atomic E-state index is 0.185. The molecule has 1 amide bonds. The fraction of sp³-hybridized carbons (Fsp3) is 0.588. The van der Waals surface area contributed by atoms with Gasteiger partial charge in [-0.3, -0.25) is 4.90 Å². The van der Waals surface area contributed by atoms with E-state index in [4.69, 9.17) is 4.74 Å². The fourth-order valence-electron chi connectivity index (χ4n) is 2.64. The quantitative estimate of drug-likeness (QED) is 0.930. The van der Waals surface area contributed by atoms with Crippen LogP contribution in [0.15, 0.2) is 24.3 Å². The molecule has 1 aliphatic heterocycles. The number of hydrogen-bond donors (Lipinski definition) is 1. The van der Waals surface area contributed by atoms with Crippen molar-refractivity contribution in [2.75, 3.05) is 13.1 Å². The van der Waals surface area contributed by atoms with E-state index in [0.29, 0.717) is 0 Å². The highest BCUT2D eigenvalue weighted by Gasteiger charge is 2.25. The molecule has 4 heteroatoms. The molecular weight excluding hydrogens is 264 g/mol. The molecule has 1 saturated heterocycles. The summed E-state index contributed by atoms with van der Waals surface area (Å²) >= 11 is 0. The zero-order valence-corrected chi connectivity index (χ0v) is 13.5. The third-order valence-corrected chi connectivity index (χ3v) is 3.48. The Kier molecular flexibility index (Phi) is 4.88. The normalized spacial score (nSPS) is 19.5. The van der Waals surface area contributed by atoms with Gasteiger partial charge < -0.3 is 10.1 Å². The first-order chi connectivity index (χ1) is 9.82. The monoisotopic (exact) mass is 290 g/mol. The molecule has 0 aliphatic carbocycles. The number of alkyl carbamates (subject to hydrolysis) is 1. The predicted molar refractivity (Wildman–Crippen MR) is 84.2 cm³/mol. The van der Waals surface area contributed by atoms with Gasteiger partial charge in [0.25, 0.3) is 0 Å². The number of benzene rings is 1. The van der Waals surface area contributed by atoms with Crippen molar-refractivity contribution >= 4 is 6.09 Å². The molecule has 1 fully saturated rings. The van der Waals surface area contributed by atoms with E-state index < -0.39 is 5.60 Å². The van der Waals surface area contributed by atoms with Crippen LogP contribution in [0.5, 0.6) is 0 Å². The Hall–Kier alpha value is -1.55. The molecule has 1 N–H and O–H groups in total. The number of nitrogens with one attached hydrogen (secondary N) is 1. The highest BCUT2D eigenvalue weighted by Crippen LogP contribution is 2.15. The summed E-state index contributed by atoms with van der Waals surface area (Å²) in [6.07, 6.45) is 0.662. The molecule has 1 unspecified atom stereocenters. The zero-order chi connectivity index (χ0) is 15.5. The van der Waals surface area contributed by atoms with Crippen molar-refractivity contribution in [3.63, 3.8) is 0 Å². The van der Waals surface area contributed by atoms with Crippen molar-refractivity contribution in [1.29, 1.82) is 0 Å². The van der Waals surface area contributed by atoms with E-state index in [1.165, 1.54) is 11.1 Å². The van der Waals surface area contributed by atoms with Gasteiger partial charge in [-0.15, -0.1) is 0 Å². The van der Waals surface area contributed by atoms with Gasteiger partial charge in [0, 0.05) is 25.7 Å². The molecule has 2 rings (SSSR count). The number of hydrogen-bond acceptors (Lipinski definition) is 3. The van der Waals surface area contributed by atoms with Gasteiger partial charge in [0.05, 0.1) is 0 Å². The van der Waals surface area contributed by atoms with Gasteiger partial charge in [0.2, 0.25) is 0 Å². The molecular formula is C17H26N2O2. The first-order valence-corrected chi connectivity index (χ1v) is 7.59. The summed E-state index contributed by atoms with van der Waals surface area (Å²) in [6.45, 7) is 10.6. The van der Waals surface area contributed by atoms with Crippen molar-refractivity contribution in [2.45, 2.75) is 52.3 Å². The number of rotatable bonds is 3. The van der Waals surface area contributed by atoms with Gasteiger partial charge in [-0.05, 0) is 39.7 Å². The van der Waals surface area contributed by atoms with Crippen molar-refractivity contribution in [2.24, 2.45) is 0 Å². The van der Waals surface area contributed by atoms with E-state index in [1.807, 2.05) is 20.8 Å². The van der Waals surface area contributed by atoms with E-state index in [-0.39, 0.29) is 12.1 Å². The van der Waals surface area contributed by atoms with Crippen molar-refractivity contribution in [1.82, 2.24) is 10.2 Å². The van der Waals surface area contributed by atoms with Crippen LogP contribution in [-0.4, -0.2) is 35.7 Å². The average molecular weight is 290 g/mol. The number of carbonyl (C=O) groups excluding carboxylic acids is 1. The molecule has 0 saturated carbocycles. The molecule has 1 aromatic rings. The van der Waals surface area contributed by atoms with Gasteiger partial charge in [-0.25, -0.2) is 4.79 Å². The second-order valence-corrected chi connectivity index (χ2v) is 6.86. The third kappa shape index (κ3) is 5.38. The number of ether oxygens (including phenoxy) is 1. The molecule has 1 heterocycles. The third-order valence-electron chi connectivity index (χ3n) is 3.48. The van der Waals surface area contributed by atoms with Crippen LogP contribution in [-0.2, 0) is 11.3 Å². The molecule has 0 spiro atoms. The van der Waals surface area contributed by atoms with Crippen LogP contribution < -0.4 is 5.32 Å². The predicted octanol–water partition coefficient (Wildman–Crippen LogP) is 3.09. The number of likely N-dealkylation sites (tertiary alicyclic amines) is 1. The van der Waals surface area contributed by atoms with E-state index in [2.05, 4.69) is 41.4 Å². The van der Waals surface area contributed by atoms with Gasteiger partial charge in [-0.2, -0.15) is 0 Å². The van der Waals surface area contributed by atoms with E-state index in [1.54, 1.807) is 0 Å².